The van der Waals surface area contributed by atoms with Gasteiger partial charge in [-0.2, -0.15) is 0 Å². The molecule has 0 saturated heterocycles. The Bertz CT molecular complexity index is 750. The molecule has 0 aliphatic rings. The molecule has 0 fully saturated rings. The first kappa shape index (κ1) is 12.3. The van der Waals surface area contributed by atoms with Gasteiger partial charge in [0.1, 0.15) is 0 Å². The molecule has 0 aliphatic carbocycles. The first-order valence-corrected chi connectivity index (χ1v) is 6.32. The van der Waals surface area contributed by atoms with Crippen LogP contribution in [0.2, 0.25) is 0 Å². The van der Waals surface area contributed by atoms with Crippen molar-refractivity contribution in [2.24, 2.45) is 0 Å². The third kappa shape index (κ3) is 2.25. The number of hydrogen-bond acceptors (Lipinski definition) is 3. The van der Waals surface area contributed by atoms with Gasteiger partial charge in [-0.25, -0.2) is 9.78 Å². The van der Waals surface area contributed by atoms with Crippen molar-refractivity contribution in [2.75, 3.05) is 0 Å². The second kappa shape index (κ2) is 5.13. The van der Waals surface area contributed by atoms with E-state index in [9.17, 15) is 9.90 Å². The van der Waals surface area contributed by atoms with E-state index in [1.165, 1.54) is 0 Å². The SMILES string of the molecule is O=C(O)c1cccc2ncn(CCc3cccnc3)c12. The van der Waals surface area contributed by atoms with E-state index in [4.69, 9.17) is 0 Å². The van der Waals surface area contributed by atoms with Crippen LogP contribution in [-0.4, -0.2) is 25.6 Å². The summed E-state index contributed by atoms with van der Waals surface area (Å²) in [6, 6.07) is 9.04. The van der Waals surface area contributed by atoms with Gasteiger partial charge in [0.05, 0.1) is 22.9 Å². The Hall–Kier alpha value is -2.69. The Morgan fingerprint density at radius 1 is 1.25 bits per heavy atom. The maximum atomic E-state index is 11.3. The summed E-state index contributed by atoms with van der Waals surface area (Å²) in [7, 11) is 0. The Morgan fingerprint density at radius 2 is 2.15 bits per heavy atom. The van der Waals surface area contributed by atoms with Gasteiger partial charge in [-0.05, 0) is 30.2 Å². The number of nitrogens with zero attached hydrogens (tertiary/aromatic N) is 3. The predicted molar refractivity (Wildman–Crippen MR) is 74.6 cm³/mol. The summed E-state index contributed by atoms with van der Waals surface area (Å²) in [6.07, 6.45) is 6.02. The molecule has 5 nitrogen and oxygen atoms in total. The second-order valence-corrected chi connectivity index (χ2v) is 4.53. The molecular weight excluding hydrogens is 254 g/mol. The van der Waals surface area contributed by atoms with E-state index in [0.29, 0.717) is 17.6 Å². The van der Waals surface area contributed by atoms with Gasteiger partial charge in [-0.1, -0.05) is 12.1 Å². The Labute approximate surface area is 115 Å². The van der Waals surface area contributed by atoms with Gasteiger partial charge in [0.25, 0.3) is 0 Å². The molecule has 0 unspecified atom stereocenters. The molecule has 3 rings (SSSR count). The molecule has 0 atom stereocenters. The summed E-state index contributed by atoms with van der Waals surface area (Å²) in [4.78, 5) is 19.6. The predicted octanol–water partition coefficient (Wildman–Crippen LogP) is 2.37. The van der Waals surface area contributed by atoms with Crippen LogP contribution in [0, 0.1) is 0 Å². The maximum absolute atomic E-state index is 11.3. The molecule has 2 heterocycles. The van der Waals surface area contributed by atoms with E-state index in [1.54, 1.807) is 24.7 Å². The molecule has 2 aromatic heterocycles. The van der Waals surface area contributed by atoms with Crippen LogP contribution in [0.4, 0.5) is 0 Å². The Morgan fingerprint density at radius 3 is 2.90 bits per heavy atom. The van der Waals surface area contributed by atoms with Gasteiger partial charge in [0.2, 0.25) is 0 Å². The number of aromatic carboxylic acids is 1. The van der Waals surface area contributed by atoms with Crippen molar-refractivity contribution in [3.63, 3.8) is 0 Å². The van der Waals surface area contributed by atoms with Gasteiger partial charge >= 0.3 is 5.97 Å². The first-order valence-electron chi connectivity index (χ1n) is 6.32. The first-order chi connectivity index (χ1) is 9.75. The lowest BCUT2D eigenvalue weighted by molar-refractivity contribution is 0.0698. The lowest BCUT2D eigenvalue weighted by atomic mass is 10.1. The van der Waals surface area contributed by atoms with E-state index in [-0.39, 0.29) is 5.56 Å². The quantitative estimate of drug-likeness (QED) is 0.788. The molecule has 100 valence electrons. The van der Waals surface area contributed by atoms with E-state index >= 15 is 0 Å². The fraction of sp³-hybridized carbons (Fsp3) is 0.133. The second-order valence-electron chi connectivity index (χ2n) is 4.53. The molecule has 0 aliphatic heterocycles. The third-order valence-corrected chi connectivity index (χ3v) is 3.23. The normalized spacial score (nSPS) is 10.8. The van der Waals surface area contributed by atoms with E-state index < -0.39 is 5.97 Å². The molecule has 0 amide bonds. The van der Waals surface area contributed by atoms with Crippen LogP contribution in [0.15, 0.2) is 49.1 Å². The van der Waals surface area contributed by atoms with Gasteiger partial charge in [-0.3, -0.25) is 4.98 Å². The van der Waals surface area contributed by atoms with Crippen LogP contribution in [0.25, 0.3) is 11.0 Å². The fourth-order valence-electron chi connectivity index (χ4n) is 2.26. The van der Waals surface area contributed by atoms with Gasteiger partial charge < -0.3 is 9.67 Å². The summed E-state index contributed by atoms with van der Waals surface area (Å²) < 4.78 is 1.88. The molecular formula is C15H13N3O2. The van der Waals surface area contributed by atoms with Crippen molar-refractivity contribution in [3.8, 4) is 0 Å². The summed E-state index contributed by atoms with van der Waals surface area (Å²) in [5.41, 5.74) is 2.77. The molecule has 0 spiro atoms. The van der Waals surface area contributed by atoms with Crippen LogP contribution < -0.4 is 0 Å². The van der Waals surface area contributed by atoms with Crippen molar-refractivity contribution in [1.29, 1.82) is 0 Å². The van der Waals surface area contributed by atoms with Crippen molar-refractivity contribution in [2.45, 2.75) is 13.0 Å². The summed E-state index contributed by atoms with van der Waals surface area (Å²) in [5, 5.41) is 9.26. The zero-order valence-electron chi connectivity index (χ0n) is 10.7. The van der Waals surface area contributed by atoms with E-state index in [1.807, 2.05) is 29.0 Å². The minimum absolute atomic E-state index is 0.284. The number of hydrogen-bond donors (Lipinski definition) is 1. The molecule has 0 radical (unpaired) electrons. The largest absolute Gasteiger partial charge is 0.478 e. The fourth-order valence-corrected chi connectivity index (χ4v) is 2.26. The van der Waals surface area contributed by atoms with E-state index in [2.05, 4.69) is 9.97 Å². The summed E-state index contributed by atoms with van der Waals surface area (Å²) >= 11 is 0. The summed E-state index contributed by atoms with van der Waals surface area (Å²) in [5.74, 6) is -0.932. The Kier molecular flexibility index (Phi) is 3.16. The zero-order chi connectivity index (χ0) is 13.9. The molecule has 1 aromatic carbocycles. The monoisotopic (exact) mass is 267 g/mol. The van der Waals surface area contributed by atoms with Crippen molar-refractivity contribution < 1.29 is 9.90 Å². The number of fused-ring (bicyclic) bond motifs is 1. The number of rotatable bonds is 4. The maximum Gasteiger partial charge on any atom is 0.337 e. The Balaban J connectivity index is 1.94. The summed E-state index contributed by atoms with van der Waals surface area (Å²) in [6.45, 7) is 0.673. The number of aromatic nitrogens is 3. The highest BCUT2D eigenvalue weighted by molar-refractivity contribution is 6.01. The van der Waals surface area contributed by atoms with Crippen molar-refractivity contribution >= 4 is 17.0 Å². The number of carboxylic acids is 1. The van der Waals surface area contributed by atoms with Crippen molar-refractivity contribution in [1.82, 2.24) is 14.5 Å². The average Bonchev–Trinajstić information content (AvgIpc) is 2.89. The molecule has 5 heteroatoms. The highest BCUT2D eigenvalue weighted by Gasteiger charge is 2.12. The number of carbonyl (C=O) groups is 1. The minimum Gasteiger partial charge on any atom is -0.478 e. The molecule has 3 aromatic rings. The number of benzene rings is 1. The number of carboxylic acid groups (broad SMARTS) is 1. The molecule has 0 bridgehead atoms. The lowest BCUT2D eigenvalue weighted by Gasteiger charge is -2.06. The van der Waals surface area contributed by atoms with Gasteiger partial charge in [0, 0.05) is 18.9 Å². The average molecular weight is 267 g/mol. The van der Waals surface area contributed by atoms with Crippen LogP contribution in [0.5, 0.6) is 0 Å². The van der Waals surface area contributed by atoms with Gasteiger partial charge in [0.15, 0.2) is 0 Å². The van der Waals surface area contributed by atoms with E-state index in [0.717, 1.165) is 12.0 Å². The molecule has 20 heavy (non-hydrogen) atoms. The lowest BCUT2D eigenvalue weighted by Crippen LogP contribution is -2.05. The number of imidazole rings is 1. The number of aryl methyl sites for hydroxylation is 2. The minimum atomic E-state index is -0.932. The van der Waals surface area contributed by atoms with Crippen LogP contribution in [0.1, 0.15) is 15.9 Å². The van der Waals surface area contributed by atoms with Crippen LogP contribution in [0.3, 0.4) is 0 Å². The number of para-hydroxylation sites is 1. The van der Waals surface area contributed by atoms with Crippen molar-refractivity contribution in [3.05, 3.63) is 60.2 Å². The smallest absolute Gasteiger partial charge is 0.337 e. The molecule has 0 saturated carbocycles. The molecule has 1 N–H and O–H groups in total. The van der Waals surface area contributed by atoms with Crippen LogP contribution in [-0.2, 0) is 13.0 Å². The third-order valence-electron chi connectivity index (χ3n) is 3.23. The highest BCUT2D eigenvalue weighted by atomic mass is 16.4. The van der Waals surface area contributed by atoms with Gasteiger partial charge in [-0.15, -0.1) is 0 Å². The topological polar surface area (TPSA) is 68.0 Å². The zero-order valence-corrected chi connectivity index (χ0v) is 10.7. The number of pyridine rings is 1. The highest BCUT2D eigenvalue weighted by Crippen LogP contribution is 2.18. The standard InChI is InChI=1S/C15H13N3O2/c19-15(20)12-4-1-5-13-14(12)18(10-17-13)8-6-11-3-2-7-16-9-11/h1-5,7,9-10H,6,8H2,(H,19,20). The van der Waals surface area contributed by atoms with Crippen LogP contribution >= 0.6 is 0 Å².